The molecule has 3 heteroatoms. The van der Waals surface area contributed by atoms with Crippen LogP contribution >= 0.6 is 34.2 Å². The van der Waals surface area contributed by atoms with E-state index in [0.717, 1.165) is 35.6 Å². The van der Waals surface area contributed by atoms with Gasteiger partial charge in [-0.3, -0.25) is 0 Å². The molecule has 0 heterocycles. The summed E-state index contributed by atoms with van der Waals surface area (Å²) >= 11 is 8.28. The first-order valence-corrected chi connectivity index (χ1v) is 7.90. The fourth-order valence-corrected chi connectivity index (χ4v) is 3.33. The first-order chi connectivity index (χ1) is 8.57. The van der Waals surface area contributed by atoms with Crippen LogP contribution in [0.3, 0.4) is 0 Å². The Morgan fingerprint density at radius 2 is 1.83 bits per heavy atom. The second-order valence-corrected chi connectivity index (χ2v) is 6.07. The van der Waals surface area contributed by atoms with Crippen LogP contribution in [-0.4, -0.2) is 28.2 Å². The highest BCUT2D eigenvalue weighted by Crippen LogP contribution is 2.20. The van der Waals surface area contributed by atoms with E-state index in [1.165, 1.54) is 5.56 Å². The molecule has 0 N–H and O–H groups in total. The van der Waals surface area contributed by atoms with Crippen molar-refractivity contribution in [3.8, 4) is 12.3 Å². The van der Waals surface area contributed by atoms with Crippen molar-refractivity contribution in [1.82, 2.24) is 0 Å². The minimum Gasteiger partial charge on any atom is -0.303 e. The van der Waals surface area contributed by atoms with Gasteiger partial charge in [0.25, 0.3) is 0 Å². The van der Waals surface area contributed by atoms with Crippen LogP contribution in [0.15, 0.2) is 24.3 Å². The van der Waals surface area contributed by atoms with Crippen LogP contribution in [0.1, 0.15) is 19.4 Å². The van der Waals surface area contributed by atoms with Crippen molar-refractivity contribution in [2.24, 2.45) is 0 Å². The van der Waals surface area contributed by atoms with Gasteiger partial charge in [-0.05, 0) is 37.5 Å². The first kappa shape index (κ1) is 15.8. The number of benzene rings is 1. The fourth-order valence-electron chi connectivity index (χ4n) is 2.13. The van der Waals surface area contributed by atoms with Gasteiger partial charge in [-0.25, -0.2) is 0 Å². The molecule has 1 rings (SSSR count). The fraction of sp³-hybridized carbons (Fsp3) is 0.467. The zero-order chi connectivity index (χ0) is 13.6. The van der Waals surface area contributed by atoms with E-state index in [2.05, 4.69) is 54.5 Å². The van der Waals surface area contributed by atoms with Crippen LogP contribution in [0.4, 0.5) is 0 Å². The molecule has 1 atom stereocenters. The standard InChI is InChI=1S/C15H20ClIN/c1-4-15(17)18(5-2,6-3)12-11-13-7-9-14(16)10-8-13/h1,7-10,15H,5-6,11-12H2,2-3H3/q+1. The molecule has 18 heavy (non-hydrogen) atoms. The molecule has 0 saturated carbocycles. The maximum Gasteiger partial charge on any atom is 0.200 e. The van der Waals surface area contributed by atoms with Crippen molar-refractivity contribution >= 4 is 34.2 Å². The Morgan fingerprint density at radius 1 is 1.28 bits per heavy atom. The molecule has 0 radical (unpaired) electrons. The van der Waals surface area contributed by atoms with Gasteiger partial charge < -0.3 is 4.48 Å². The molecule has 1 aromatic carbocycles. The predicted octanol–water partition coefficient (Wildman–Crippen LogP) is 4.13. The summed E-state index contributed by atoms with van der Waals surface area (Å²) < 4.78 is 1.21. The summed E-state index contributed by atoms with van der Waals surface area (Å²) in [4.78, 5) is 0. The molecule has 0 spiro atoms. The molecule has 1 unspecified atom stereocenters. The normalized spacial score (nSPS) is 13.1. The Bertz CT molecular complexity index is 403. The van der Waals surface area contributed by atoms with Gasteiger partial charge in [-0.15, -0.1) is 6.42 Å². The van der Waals surface area contributed by atoms with E-state index < -0.39 is 0 Å². The molecule has 0 saturated heterocycles. The highest BCUT2D eigenvalue weighted by Gasteiger charge is 2.29. The zero-order valence-corrected chi connectivity index (χ0v) is 13.9. The summed E-state index contributed by atoms with van der Waals surface area (Å²) in [6, 6.07) is 8.10. The zero-order valence-electron chi connectivity index (χ0n) is 11.0. The molecule has 98 valence electrons. The van der Waals surface area contributed by atoms with Crippen molar-refractivity contribution in [2.45, 2.75) is 24.3 Å². The molecular weight excluding hydrogens is 357 g/mol. The van der Waals surface area contributed by atoms with Gasteiger partial charge in [-0.1, -0.05) is 23.7 Å². The van der Waals surface area contributed by atoms with Crippen molar-refractivity contribution in [1.29, 1.82) is 0 Å². The van der Waals surface area contributed by atoms with E-state index in [-0.39, 0.29) is 4.05 Å². The third kappa shape index (κ3) is 3.88. The van der Waals surface area contributed by atoms with Crippen molar-refractivity contribution in [3.05, 3.63) is 34.9 Å². The van der Waals surface area contributed by atoms with Gasteiger partial charge in [0.1, 0.15) is 0 Å². The van der Waals surface area contributed by atoms with Gasteiger partial charge in [0, 0.05) is 34.0 Å². The molecule has 0 fully saturated rings. The number of hydrogen-bond acceptors (Lipinski definition) is 0. The lowest BCUT2D eigenvalue weighted by molar-refractivity contribution is -0.923. The Kier molecular flexibility index (Phi) is 6.48. The average molecular weight is 377 g/mol. The van der Waals surface area contributed by atoms with E-state index in [9.17, 15) is 0 Å². The lowest BCUT2D eigenvalue weighted by Crippen LogP contribution is -2.53. The average Bonchev–Trinajstić information content (AvgIpc) is 2.42. The summed E-state index contributed by atoms with van der Waals surface area (Å²) in [5.41, 5.74) is 1.32. The molecule has 0 aliphatic carbocycles. The second kappa shape index (κ2) is 7.37. The number of halogens is 2. The van der Waals surface area contributed by atoms with Crippen LogP contribution < -0.4 is 0 Å². The SMILES string of the molecule is C#CC(I)[N+](CC)(CC)CCc1ccc(Cl)cc1. The number of terminal acetylenes is 1. The predicted molar refractivity (Wildman–Crippen MR) is 88.0 cm³/mol. The molecule has 1 aromatic rings. The maximum absolute atomic E-state index is 5.90. The third-order valence-corrected chi connectivity index (χ3v) is 5.43. The topological polar surface area (TPSA) is 0 Å². The largest absolute Gasteiger partial charge is 0.303 e. The molecule has 0 aliphatic rings. The van der Waals surface area contributed by atoms with Crippen LogP contribution in [0.25, 0.3) is 0 Å². The Labute approximate surface area is 129 Å². The lowest BCUT2D eigenvalue weighted by Gasteiger charge is -2.39. The summed E-state index contributed by atoms with van der Waals surface area (Å²) in [5.74, 6) is 2.89. The number of rotatable bonds is 6. The van der Waals surface area contributed by atoms with Crippen molar-refractivity contribution in [3.63, 3.8) is 0 Å². The minimum absolute atomic E-state index is 0.241. The van der Waals surface area contributed by atoms with Gasteiger partial charge in [0.05, 0.1) is 19.6 Å². The van der Waals surface area contributed by atoms with Crippen LogP contribution in [0, 0.1) is 12.3 Å². The number of likely N-dealkylation sites (N-methyl/N-ethyl adjacent to an activating group) is 1. The van der Waals surface area contributed by atoms with Crippen LogP contribution in [0.2, 0.25) is 5.02 Å². The monoisotopic (exact) mass is 376 g/mol. The van der Waals surface area contributed by atoms with Gasteiger partial charge in [0.15, 0.2) is 0 Å². The van der Waals surface area contributed by atoms with Crippen LogP contribution in [-0.2, 0) is 6.42 Å². The number of hydrogen-bond donors (Lipinski definition) is 0. The lowest BCUT2D eigenvalue weighted by atomic mass is 10.1. The maximum atomic E-state index is 5.90. The van der Waals surface area contributed by atoms with E-state index in [0.29, 0.717) is 0 Å². The second-order valence-electron chi connectivity index (χ2n) is 4.45. The molecule has 0 aliphatic heterocycles. The van der Waals surface area contributed by atoms with E-state index >= 15 is 0 Å². The number of quaternary nitrogens is 1. The number of nitrogens with zero attached hydrogens (tertiary/aromatic N) is 1. The Hall–Kier alpha value is -0.240. The van der Waals surface area contributed by atoms with Crippen LogP contribution in [0.5, 0.6) is 0 Å². The Balaban J connectivity index is 2.74. The van der Waals surface area contributed by atoms with Gasteiger partial charge >= 0.3 is 0 Å². The Morgan fingerprint density at radius 3 is 2.28 bits per heavy atom. The molecule has 1 nitrogen and oxygen atoms in total. The summed E-state index contributed by atoms with van der Waals surface area (Å²) in [6.07, 6.45) is 6.65. The highest BCUT2D eigenvalue weighted by atomic mass is 127. The van der Waals surface area contributed by atoms with E-state index in [1.54, 1.807) is 0 Å². The quantitative estimate of drug-likeness (QED) is 0.230. The van der Waals surface area contributed by atoms with Crippen molar-refractivity contribution in [2.75, 3.05) is 19.6 Å². The van der Waals surface area contributed by atoms with Crippen molar-refractivity contribution < 1.29 is 4.48 Å². The van der Waals surface area contributed by atoms with Gasteiger partial charge in [-0.2, -0.15) is 0 Å². The molecule has 0 aromatic heterocycles. The first-order valence-electron chi connectivity index (χ1n) is 6.28. The number of alkyl halides is 1. The van der Waals surface area contributed by atoms with E-state index in [4.69, 9.17) is 18.0 Å². The molecular formula is C15H20ClIN+. The third-order valence-electron chi connectivity index (χ3n) is 3.64. The summed E-state index contributed by atoms with van der Waals surface area (Å²) in [5, 5.41) is 0.792. The van der Waals surface area contributed by atoms with E-state index in [1.807, 2.05) is 12.1 Å². The molecule has 0 amide bonds. The van der Waals surface area contributed by atoms with Gasteiger partial charge in [0.2, 0.25) is 4.05 Å². The molecule has 0 bridgehead atoms. The minimum atomic E-state index is 0.241. The summed E-state index contributed by atoms with van der Waals surface area (Å²) in [6.45, 7) is 7.65. The smallest absolute Gasteiger partial charge is 0.200 e. The highest BCUT2D eigenvalue weighted by molar-refractivity contribution is 14.1. The summed E-state index contributed by atoms with van der Waals surface area (Å²) in [7, 11) is 0.